The van der Waals surface area contributed by atoms with Gasteiger partial charge >= 0.3 is 0 Å². The first-order chi connectivity index (χ1) is 7.68. The molecular weight excluding hydrogens is 222 g/mol. The summed E-state index contributed by atoms with van der Waals surface area (Å²) in [5.41, 5.74) is 12.8. The van der Waals surface area contributed by atoms with Crippen molar-refractivity contribution in [2.24, 2.45) is 5.73 Å². The van der Waals surface area contributed by atoms with Gasteiger partial charge in [-0.3, -0.25) is 4.79 Å². The van der Waals surface area contributed by atoms with Crippen LogP contribution in [0.5, 0.6) is 0 Å². The van der Waals surface area contributed by atoms with Crippen molar-refractivity contribution >= 4 is 29.0 Å². The highest BCUT2D eigenvalue weighted by Gasteiger charge is 2.17. The predicted molar refractivity (Wildman–Crippen MR) is 68.7 cm³/mol. The molecule has 1 aliphatic heterocycles. The number of nitrogen functional groups attached to an aromatic ring is 1. The monoisotopic (exact) mass is 237 g/mol. The van der Waals surface area contributed by atoms with Crippen LogP contribution in [0.2, 0.25) is 0 Å². The Hall–Kier alpha value is -1.36. The highest BCUT2D eigenvalue weighted by atomic mass is 32.2. The zero-order valence-electron chi connectivity index (χ0n) is 8.90. The number of carbonyl (C=O) groups excluding carboxylic acids is 1. The number of nitrogens with two attached hydrogens (primary N) is 2. The fraction of sp³-hybridized carbons (Fsp3) is 0.364. The number of hydrogen-bond acceptors (Lipinski definition) is 4. The third-order valence-corrected chi connectivity index (χ3v) is 3.82. The molecule has 1 heterocycles. The van der Waals surface area contributed by atoms with Gasteiger partial charge in [-0.2, -0.15) is 11.8 Å². The molecule has 1 amide bonds. The maximum Gasteiger partial charge on any atom is 0.250 e. The molecule has 2 rings (SSSR count). The summed E-state index contributed by atoms with van der Waals surface area (Å²) in [4.78, 5) is 11.1. The number of primary amides is 1. The van der Waals surface area contributed by atoms with Crippen LogP contribution in [0.4, 0.5) is 11.4 Å². The Kier molecular flexibility index (Phi) is 3.24. The maximum absolute atomic E-state index is 11.1. The van der Waals surface area contributed by atoms with Crippen molar-refractivity contribution in [1.82, 2.24) is 0 Å². The van der Waals surface area contributed by atoms with E-state index in [1.165, 1.54) is 5.75 Å². The van der Waals surface area contributed by atoms with Crippen molar-refractivity contribution in [2.45, 2.75) is 12.5 Å². The number of amides is 1. The van der Waals surface area contributed by atoms with Gasteiger partial charge in [-0.1, -0.05) is 6.07 Å². The Morgan fingerprint density at radius 2 is 2.31 bits per heavy atom. The Bertz CT molecular complexity index is 402. The summed E-state index contributed by atoms with van der Waals surface area (Å²) < 4.78 is 0. The van der Waals surface area contributed by atoms with Crippen LogP contribution in [0.3, 0.4) is 0 Å². The van der Waals surface area contributed by atoms with E-state index >= 15 is 0 Å². The first-order valence-corrected chi connectivity index (χ1v) is 6.36. The van der Waals surface area contributed by atoms with Gasteiger partial charge in [-0.15, -0.1) is 0 Å². The number of nitrogens with one attached hydrogen (secondary N) is 1. The molecule has 16 heavy (non-hydrogen) atoms. The van der Waals surface area contributed by atoms with Crippen LogP contribution in [0.15, 0.2) is 18.2 Å². The molecule has 5 heteroatoms. The van der Waals surface area contributed by atoms with Gasteiger partial charge in [0.05, 0.1) is 16.9 Å². The van der Waals surface area contributed by atoms with Crippen molar-refractivity contribution in [3.05, 3.63) is 23.8 Å². The fourth-order valence-corrected chi connectivity index (χ4v) is 2.93. The van der Waals surface area contributed by atoms with Crippen molar-refractivity contribution in [3.8, 4) is 0 Å². The molecule has 4 nitrogen and oxygen atoms in total. The van der Waals surface area contributed by atoms with Gasteiger partial charge in [0.25, 0.3) is 5.91 Å². The zero-order valence-corrected chi connectivity index (χ0v) is 9.72. The number of para-hydroxylation sites is 1. The van der Waals surface area contributed by atoms with Crippen molar-refractivity contribution in [2.75, 3.05) is 22.6 Å². The van der Waals surface area contributed by atoms with Crippen LogP contribution < -0.4 is 16.8 Å². The molecular formula is C11H15N3OS. The van der Waals surface area contributed by atoms with Crippen molar-refractivity contribution in [3.63, 3.8) is 0 Å². The Labute approximate surface area is 98.8 Å². The van der Waals surface area contributed by atoms with E-state index in [0.717, 1.165) is 17.9 Å². The fourth-order valence-electron chi connectivity index (χ4n) is 1.77. The molecule has 0 radical (unpaired) electrons. The normalized spacial score (nSPS) is 19.6. The molecule has 0 aromatic heterocycles. The van der Waals surface area contributed by atoms with E-state index in [4.69, 9.17) is 11.5 Å². The summed E-state index contributed by atoms with van der Waals surface area (Å²) in [6, 6.07) is 5.76. The smallest absolute Gasteiger partial charge is 0.250 e. The quantitative estimate of drug-likeness (QED) is 0.692. The number of carbonyl (C=O) groups is 1. The van der Waals surface area contributed by atoms with E-state index < -0.39 is 5.91 Å². The number of hydrogen-bond donors (Lipinski definition) is 3. The summed E-state index contributed by atoms with van der Waals surface area (Å²) in [6.07, 6.45) is 1.13. The summed E-state index contributed by atoms with van der Waals surface area (Å²) in [7, 11) is 0. The zero-order chi connectivity index (χ0) is 11.5. The number of thioether (sulfide) groups is 1. The van der Waals surface area contributed by atoms with Crippen LogP contribution in [-0.2, 0) is 0 Å². The van der Waals surface area contributed by atoms with E-state index in [9.17, 15) is 4.79 Å². The van der Waals surface area contributed by atoms with Gasteiger partial charge < -0.3 is 16.8 Å². The number of benzene rings is 1. The van der Waals surface area contributed by atoms with E-state index in [1.807, 2.05) is 17.8 Å². The van der Waals surface area contributed by atoms with Crippen molar-refractivity contribution < 1.29 is 4.79 Å². The molecule has 0 saturated carbocycles. The lowest BCUT2D eigenvalue weighted by Gasteiger charge is -2.16. The lowest BCUT2D eigenvalue weighted by Crippen LogP contribution is -2.20. The molecule has 0 spiro atoms. The van der Waals surface area contributed by atoms with Gasteiger partial charge in [-0.25, -0.2) is 0 Å². The number of rotatable bonds is 3. The predicted octanol–water partition coefficient (Wildman–Crippen LogP) is 1.29. The molecule has 1 aromatic rings. The van der Waals surface area contributed by atoms with Gasteiger partial charge in [-0.05, 0) is 24.3 Å². The van der Waals surface area contributed by atoms with E-state index in [-0.39, 0.29) is 0 Å². The average molecular weight is 237 g/mol. The molecule has 1 fully saturated rings. The van der Waals surface area contributed by atoms with Crippen LogP contribution in [0.25, 0.3) is 0 Å². The Morgan fingerprint density at radius 3 is 2.94 bits per heavy atom. The van der Waals surface area contributed by atoms with E-state index in [1.54, 1.807) is 12.1 Å². The molecule has 86 valence electrons. The second-order valence-corrected chi connectivity index (χ2v) is 4.99. The molecule has 5 N–H and O–H groups in total. The molecule has 0 aliphatic carbocycles. The largest absolute Gasteiger partial charge is 0.396 e. The molecule has 0 bridgehead atoms. The van der Waals surface area contributed by atoms with Gasteiger partial charge in [0.2, 0.25) is 0 Å². The van der Waals surface area contributed by atoms with Crippen LogP contribution in [0.1, 0.15) is 16.8 Å². The highest BCUT2D eigenvalue weighted by molar-refractivity contribution is 7.99. The molecule has 1 saturated heterocycles. The average Bonchev–Trinajstić information content (AvgIpc) is 2.73. The Balaban J connectivity index is 2.20. The van der Waals surface area contributed by atoms with Gasteiger partial charge in [0.1, 0.15) is 0 Å². The van der Waals surface area contributed by atoms with Crippen molar-refractivity contribution in [1.29, 1.82) is 0 Å². The van der Waals surface area contributed by atoms with Crippen LogP contribution in [-0.4, -0.2) is 23.5 Å². The summed E-state index contributed by atoms with van der Waals surface area (Å²) in [5.74, 6) is 1.77. The Morgan fingerprint density at radius 1 is 1.50 bits per heavy atom. The topological polar surface area (TPSA) is 81.1 Å². The van der Waals surface area contributed by atoms with Gasteiger partial charge in [0.15, 0.2) is 0 Å². The summed E-state index contributed by atoms with van der Waals surface area (Å²) >= 11 is 1.92. The number of anilines is 2. The molecule has 1 atom stereocenters. The lowest BCUT2D eigenvalue weighted by atomic mass is 10.1. The minimum absolute atomic E-state index is 0.385. The highest BCUT2D eigenvalue weighted by Crippen LogP contribution is 2.26. The van der Waals surface area contributed by atoms with Crippen LogP contribution >= 0.6 is 11.8 Å². The minimum atomic E-state index is -0.484. The van der Waals surface area contributed by atoms with Gasteiger partial charge in [0, 0.05) is 11.8 Å². The van der Waals surface area contributed by atoms with Crippen LogP contribution in [0, 0.1) is 0 Å². The minimum Gasteiger partial charge on any atom is -0.396 e. The first kappa shape index (κ1) is 11.1. The molecule has 1 unspecified atom stereocenters. The maximum atomic E-state index is 11.1. The standard InChI is InChI=1S/C11H15N3OS/c12-10-8(11(13)15)2-1-3-9(10)14-7-4-5-16-6-7/h1-3,7,14H,4-6,12H2,(H2,13,15). The second kappa shape index (κ2) is 4.65. The second-order valence-electron chi connectivity index (χ2n) is 3.84. The van der Waals surface area contributed by atoms with E-state index in [0.29, 0.717) is 17.3 Å². The summed E-state index contributed by atoms with van der Waals surface area (Å²) in [6.45, 7) is 0. The van der Waals surface area contributed by atoms with E-state index in [2.05, 4.69) is 5.32 Å². The first-order valence-electron chi connectivity index (χ1n) is 5.21. The molecule has 1 aromatic carbocycles. The summed E-state index contributed by atoms with van der Waals surface area (Å²) in [5, 5.41) is 3.35. The lowest BCUT2D eigenvalue weighted by molar-refractivity contribution is 0.100. The third kappa shape index (κ3) is 2.24. The third-order valence-electron chi connectivity index (χ3n) is 2.66. The molecule has 1 aliphatic rings. The SMILES string of the molecule is NC(=O)c1cccc(NC2CCSC2)c1N.